The molecular formula is C14H19NO2. The zero-order valence-electron chi connectivity index (χ0n) is 10.6. The molecule has 0 amide bonds. The van der Waals surface area contributed by atoms with Gasteiger partial charge in [0.05, 0.1) is 7.11 Å². The Morgan fingerprint density at radius 1 is 1.24 bits per heavy atom. The highest BCUT2D eigenvalue weighted by atomic mass is 16.5. The molecule has 1 aliphatic rings. The highest BCUT2D eigenvalue weighted by Crippen LogP contribution is 2.43. The molecule has 92 valence electrons. The van der Waals surface area contributed by atoms with Crippen molar-refractivity contribution in [1.82, 2.24) is 0 Å². The summed E-state index contributed by atoms with van der Waals surface area (Å²) in [7, 11) is 1.39. The van der Waals surface area contributed by atoms with Gasteiger partial charge in [0, 0.05) is 0 Å². The Balaban J connectivity index is 2.59. The highest BCUT2D eigenvalue weighted by molar-refractivity contribution is 5.83. The second kappa shape index (κ2) is 3.84. The van der Waals surface area contributed by atoms with Crippen LogP contribution in [0, 0.1) is 0 Å². The van der Waals surface area contributed by atoms with Crippen molar-refractivity contribution < 1.29 is 9.53 Å². The number of rotatable bonds is 1. The Hall–Kier alpha value is -1.35. The van der Waals surface area contributed by atoms with Gasteiger partial charge in [-0.1, -0.05) is 38.1 Å². The van der Waals surface area contributed by atoms with Gasteiger partial charge in [-0.05, 0) is 29.4 Å². The fourth-order valence-corrected chi connectivity index (χ4v) is 2.64. The molecule has 1 aromatic rings. The van der Waals surface area contributed by atoms with Gasteiger partial charge in [-0.2, -0.15) is 0 Å². The standard InChI is InChI=1S/C14H19NO2/c1-13(2)8-9-14(15,12(16)17-3)11-7-5-4-6-10(11)13/h4-7H,8-9,15H2,1-3H3. The third-order valence-electron chi connectivity index (χ3n) is 3.83. The molecule has 2 N–H and O–H groups in total. The van der Waals surface area contributed by atoms with Gasteiger partial charge in [0.1, 0.15) is 5.54 Å². The van der Waals surface area contributed by atoms with E-state index >= 15 is 0 Å². The van der Waals surface area contributed by atoms with E-state index in [0.29, 0.717) is 6.42 Å². The Bertz CT molecular complexity index is 453. The van der Waals surface area contributed by atoms with Crippen LogP contribution in [0.15, 0.2) is 24.3 Å². The van der Waals surface area contributed by atoms with Crippen molar-refractivity contribution in [3.05, 3.63) is 35.4 Å². The van der Waals surface area contributed by atoms with Gasteiger partial charge in [0.25, 0.3) is 0 Å². The molecule has 2 rings (SSSR count). The molecule has 3 heteroatoms. The van der Waals surface area contributed by atoms with Gasteiger partial charge in [0.15, 0.2) is 0 Å². The monoisotopic (exact) mass is 233 g/mol. The number of esters is 1. The van der Waals surface area contributed by atoms with E-state index in [1.807, 2.05) is 18.2 Å². The van der Waals surface area contributed by atoms with Crippen LogP contribution in [0.4, 0.5) is 0 Å². The summed E-state index contributed by atoms with van der Waals surface area (Å²) in [6.45, 7) is 4.37. The molecule has 0 fully saturated rings. The summed E-state index contributed by atoms with van der Waals surface area (Å²) < 4.78 is 4.85. The average molecular weight is 233 g/mol. The van der Waals surface area contributed by atoms with Crippen molar-refractivity contribution in [1.29, 1.82) is 0 Å². The molecule has 1 unspecified atom stereocenters. The van der Waals surface area contributed by atoms with Gasteiger partial charge < -0.3 is 10.5 Å². The van der Waals surface area contributed by atoms with Crippen LogP contribution < -0.4 is 5.73 Å². The normalized spacial score (nSPS) is 26.1. The smallest absolute Gasteiger partial charge is 0.330 e. The van der Waals surface area contributed by atoms with E-state index < -0.39 is 5.54 Å². The maximum atomic E-state index is 11.9. The first kappa shape index (κ1) is 12.1. The van der Waals surface area contributed by atoms with Crippen LogP contribution in [0.25, 0.3) is 0 Å². The van der Waals surface area contributed by atoms with Crippen LogP contribution in [0.1, 0.15) is 37.8 Å². The molecule has 0 saturated heterocycles. The first-order chi connectivity index (χ1) is 7.92. The maximum absolute atomic E-state index is 11.9. The molecule has 1 aliphatic carbocycles. The van der Waals surface area contributed by atoms with Gasteiger partial charge in [-0.3, -0.25) is 0 Å². The Morgan fingerprint density at radius 2 is 1.82 bits per heavy atom. The van der Waals surface area contributed by atoms with E-state index in [0.717, 1.165) is 17.5 Å². The summed E-state index contributed by atoms with van der Waals surface area (Å²) in [5.74, 6) is -0.347. The van der Waals surface area contributed by atoms with Crippen LogP contribution in [-0.2, 0) is 20.5 Å². The van der Waals surface area contributed by atoms with E-state index in [1.54, 1.807) is 0 Å². The average Bonchev–Trinajstić information content (AvgIpc) is 2.34. The third-order valence-corrected chi connectivity index (χ3v) is 3.83. The van der Waals surface area contributed by atoms with Crippen molar-refractivity contribution in [2.75, 3.05) is 7.11 Å². The van der Waals surface area contributed by atoms with Gasteiger partial charge >= 0.3 is 5.97 Å². The fraction of sp³-hybridized carbons (Fsp3) is 0.500. The molecule has 1 atom stereocenters. The number of nitrogens with two attached hydrogens (primary N) is 1. The maximum Gasteiger partial charge on any atom is 0.330 e. The lowest BCUT2D eigenvalue weighted by molar-refractivity contribution is -0.148. The van der Waals surface area contributed by atoms with Crippen molar-refractivity contribution in [2.45, 2.75) is 37.6 Å². The van der Waals surface area contributed by atoms with E-state index in [2.05, 4.69) is 19.9 Å². The van der Waals surface area contributed by atoms with E-state index in [-0.39, 0.29) is 11.4 Å². The number of ether oxygens (including phenoxy) is 1. The highest BCUT2D eigenvalue weighted by Gasteiger charge is 2.45. The quantitative estimate of drug-likeness (QED) is 0.756. The predicted octanol–water partition coefficient (Wildman–Crippen LogP) is 2.08. The summed E-state index contributed by atoms with van der Waals surface area (Å²) in [6.07, 6.45) is 1.51. The summed E-state index contributed by atoms with van der Waals surface area (Å²) >= 11 is 0. The number of carbonyl (C=O) groups is 1. The van der Waals surface area contributed by atoms with Crippen molar-refractivity contribution in [3.8, 4) is 0 Å². The largest absolute Gasteiger partial charge is 0.467 e. The molecule has 3 nitrogen and oxygen atoms in total. The molecule has 1 aromatic carbocycles. The van der Waals surface area contributed by atoms with E-state index in [4.69, 9.17) is 10.5 Å². The van der Waals surface area contributed by atoms with E-state index in [1.165, 1.54) is 7.11 Å². The Morgan fingerprint density at radius 3 is 2.41 bits per heavy atom. The lowest BCUT2D eigenvalue weighted by Crippen LogP contribution is -2.50. The summed E-state index contributed by atoms with van der Waals surface area (Å²) in [6, 6.07) is 7.90. The summed E-state index contributed by atoms with van der Waals surface area (Å²) in [5, 5.41) is 0. The summed E-state index contributed by atoms with van der Waals surface area (Å²) in [4.78, 5) is 11.9. The molecule has 0 bridgehead atoms. The number of carbonyl (C=O) groups excluding carboxylic acids is 1. The van der Waals surface area contributed by atoms with Crippen LogP contribution in [0.3, 0.4) is 0 Å². The van der Waals surface area contributed by atoms with Crippen molar-refractivity contribution in [2.24, 2.45) is 5.73 Å². The molecule has 0 aromatic heterocycles. The molecule has 0 saturated carbocycles. The first-order valence-corrected chi connectivity index (χ1v) is 5.89. The number of hydrogen-bond donors (Lipinski definition) is 1. The van der Waals surface area contributed by atoms with Crippen LogP contribution in [-0.4, -0.2) is 13.1 Å². The Labute approximate surface area is 102 Å². The Kier molecular flexibility index (Phi) is 2.74. The van der Waals surface area contributed by atoms with E-state index in [9.17, 15) is 4.79 Å². The van der Waals surface area contributed by atoms with Gasteiger partial charge in [0.2, 0.25) is 0 Å². The molecule has 0 spiro atoms. The SMILES string of the molecule is COC(=O)C1(N)CCC(C)(C)c2ccccc21. The summed E-state index contributed by atoms with van der Waals surface area (Å²) in [5.41, 5.74) is 7.41. The van der Waals surface area contributed by atoms with Crippen LogP contribution in [0.5, 0.6) is 0 Å². The minimum atomic E-state index is -0.985. The predicted molar refractivity (Wildman–Crippen MR) is 66.6 cm³/mol. The number of hydrogen-bond acceptors (Lipinski definition) is 3. The molecular weight excluding hydrogens is 214 g/mol. The topological polar surface area (TPSA) is 52.3 Å². The molecule has 0 heterocycles. The number of methoxy groups -OCH3 is 1. The fourth-order valence-electron chi connectivity index (χ4n) is 2.64. The first-order valence-electron chi connectivity index (χ1n) is 5.89. The van der Waals surface area contributed by atoms with Crippen LogP contribution in [0.2, 0.25) is 0 Å². The number of benzene rings is 1. The molecule has 0 aliphatic heterocycles. The third kappa shape index (κ3) is 1.75. The van der Waals surface area contributed by atoms with Crippen LogP contribution >= 0.6 is 0 Å². The second-order valence-corrected chi connectivity index (χ2v) is 5.39. The molecule has 0 radical (unpaired) electrons. The minimum absolute atomic E-state index is 0.0630. The molecule has 17 heavy (non-hydrogen) atoms. The number of fused-ring (bicyclic) bond motifs is 1. The lowest BCUT2D eigenvalue weighted by Gasteiger charge is -2.41. The zero-order chi connectivity index (χ0) is 12.7. The van der Waals surface area contributed by atoms with Gasteiger partial charge in [-0.25, -0.2) is 4.79 Å². The van der Waals surface area contributed by atoms with Crippen molar-refractivity contribution >= 4 is 5.97 Å². The van der Waals surface area contributed by atoms with Crippen molar-refractivity contribution in [3.63, 3.8) is 0 Å². The second-order valence-electron chi connectivity index (χ2n) is 5.39. The van der Waals surface area contributed by atoms with Gasteiger partial charge in [-0.15, -0.1) is 0 Å². The zero-order valence-corrected chi connectivity index (χ0v) is 10.6. The lowest BCUT2D eigenvalue weighted by atomic mass is 9.66. The minimum Gasteiger partial charge on any atom is -0.467 e.